The second-order valence-electron chi connectivity index (χ2n) is 7.18. The molecule has 0 unspecified atom stereocenters. The number of hydrogen-bond acceptors (Lipinski definition) is 3. The molecule has 1 aromatic heterocycles. The van der Waals surface area contributed by atoms with Gasteiger partial charge >= 0.3 is 0 Å². The molecule has 2 heterocycles. The Labute approximate surface area is 140 Å². The maximum absolute atomic E-state index is 12.7. The number of aliphatic hydroxyl groups is 1. The number of rotatable bonds is 4. The fourth-order valence-corrected chi connectivity index (χ4v) is 4.30. The smallest absolute Gasteiger partial charge is 0.282 e. The number of hydrogen-bond donors (Lipinski definition) is 1. The third kappa shape index (κ3) is 3.06. The largest absolute Gasteiger partial charge is 0.390 e. The van der Waals surface area contributed by atoms with Crippen LogP contribution >= 0.6 is 0 Å². The van der Waals surface area contributed by atoms with Crippen LogP contribution in [-0.2, 0) is 11.3 Å². The molecule has 3 atom stereocenters. The number of fused-ring (bicyclic) bond motifs is 1. The van der Waals surface area contributed by atoms with Crippen LogP contribution in [-0.4, -0.2) is 44.4 Å². The van der Waals surface area contributed by atoms with E-state index in [4.69, 9.17) is 0 Å². The summed E-state index contributed by atoms with van der Waals surface area (Å²) in [6.45, 7) is 4.84. The molecule has 2 aliphatic rings. The summed E-state index contributed by atoms with van der Waals surface area (Å²) in [5.74, 6) is 0.341. The van der Waals surface area contributed by atoms with Gasteiger partial charge < -0.3 is 10.0 Å². The van der Waals surface area contributed by atoms with E-state index in [0.717, 1.165) is 19.3 Å². The van der Waals surface area contributed by atoms with Gasteiger partial charge in [-0.15, -0.1) is 0 Å². The highest BCUT2D eigenvalue weighted by Crippen LogP contribution is 2.44. The predicted molar refractivity (Wildman–Crippen MR) is 84.6 cm³/mol. The summed E-state index contributed by atoms with van der Waals surface area (Å²) in [5.41, 5.74) is -0.418. The number of aryl methyl sites for hydroxylation is 1. The molecule has 1 aliphatic carbocycles. The van der Waals surface area contributed by atoms with E-state index >= 15 is 0 Å². The van der Waals surface area contributed by atoms with E-state index in [1.165, 1.54) is 10.7 Å². The van der Waals surface area contributed by atoms with Crippen molar-refractivity contribution >= 4 is 5.91 Å². The van der Waals surface area contributed by atoms with E-state index in [9.17, 15) is 18.7 Å². The summed E-state index contributed by atoms with van der Waals surface area (Å²) in [6.07, 6.45) is 0.889. The molecule has 134 valence electrons. The number of aromatic nitrogens is 2. The van der Waals surface area contributed by atoms with Crippen LogP contribution in [0.15, 0.2) is 6.07 Å². The lowest BCUT2D eigenvalue weighted by Crippen LogP contribution is -2.44. The van der Waals surface area contributed by atoms with Crippen LogP contribution in [0, 0.1) is 18.8 Å². The molecule has 0 radical (unpaired) electrons. The predicted octanol–water partition coefficient (Wildman–Crippen LogP) is 2.53. The number of halogens is 2. The zero-order chi connectivity index (χ0) is 17.5. The summed E-state index contributed by atoms with van der Waals surface area (Å²) in [4.78, 5) is 14.4. The second-order valence-corrected chi connectivity index (χ2v) is 7.18. The van der Waals surface area contributed by atoms with E-state index in [0.29, 0.717) is 31.1 Å². The van der Waals surface area contributed by atoms with Crippen molar-refractivity contribution in [1.82, 2.24) is 14.7 Å². The number of carbonyl (C=O) groups excluding carboxylic acids is 1. The van der Waals surface area contributed by atoms with Gasteiger partial charge in [0.05, 0.1) is 5.60 Å². The first kappa shape index (κ1) is 17.3. The van der Waals surface area contributed by atoms with Crippen LogP contribution in [0.5, 0.6) is 0 Å². The van der Waals surface area contributed by atoms with Crippen LogP contribution in [0.4, 0.5) is 8.78 Å². The summed E-state index contributed by atoms with van der Waals surface area (Å²) in [7, 11) is 0. The van der Waals surface area contributed by atoms with Gasteiger partial charge in [0.15, 0.2) is 0 Å². The van der Waals surface area contributed by atoms with Crippen LogP contribution in [0.3, 0.4) is 0 Å². The van der Waals surface area contributed by atoms with E-state index in [1.54, 1.807) is 11.8 Å². The molecule has 1 amide bonds. The Hall–Kier alpha value is -1.50. The van der Waals surface area contributed by atoms with Gasteiger partial charge in [-0.3, -0.25) is 9.48 Å². The first-order valence-corrected chi connectivity index (χ1v) is 8.66. The first-order valence-electron chi connectivity index (χ1n) is 8.66. The number of nitrogens with zero attached hydrogens (tertiary/aromatic N) is 3. The van der Waals surface area contributed by atoms with Gasteiger partial charge in [-0.25, -0.2) is 8.78 Å². The zero-order valence-corrected chi connectivity index (χ0v) is 14.2. The topological polar surface area (TPSA) is 58.4 Å². The quantitative estimate of drug-likeness (QED) is 0.915. The number of likely N-dealkylation sites (tertiary alicyclic amines) is 1. The number of carbonyl (C=O) groups is 1. The third-order valence-corrected chi connectivity index (χ3v) is 5.79. The Bertz CT molecular complexity index is 619. The minimum Gasteiger partial charge on any atom is -0.390 e. The number of alkyl halides is 2. The van der Waals surface area contributed by atoms with Gasteiger partial charge in [0.2, 0.25) is 5.91 Å². The summed E-state index contributed by atoms with van der Waals surface area (Å²) >= 11 is 0. The highest BCUT2D eigenvalue weighted by molar-refractivity contribution is 5.76. The van der Waals surface area contributed by atoms with Crippen molar-refractivity contribution in [2.45, 2.75) is 58.1 Å². The zero-order valence-electron chi connectivity index (χ0n) is 14.2. The Morgan fingerprint density at radius 2 is 2.25 bits per heavy atom. The van der Waals surface area contributed by atoms with Crippen LogP contribution in [0.25, 0.3) is 0 Å². The average molecular weight is 341 g/mol. The molecule has 5 nitrogen and oxygen atoms in total. The Morgan fingerprint density at radius 3 is 2.88 bits per heavy atom. The van der Waals surface area contributed by atoms with Crippen molar-refractivity contribution in [3.8, 4) is 0 Å². The summed E-state index contributed by atoms with van der Waals surface area (Å²) < 4.78 is 26.8. The lowest BCUT2D eigenvalue weighted by atomic mass is 9.69. The monoisotopic (exact) mass is 341 g/mol. The molecule has 1 N–H and O–H groups in total. The van der Waals surface area contributed by atoms with Gasteiger partial charge in [0.25, 0.3) is 6.43 Å². The van der Waals surface area contributed by atoms with Crippen LogP contribution in [0.2, 0.25) is 0 Å². The molecule has 1 aliphatic heterocycles. The molecule has 0 aromatic carbocycles. The van der Waals surface area contributed by atoms with E-state index in [2.05, 4.69) is 5.10 Å². The molecule has 1 saturated heterocycles. The Balaban J connectivity index is 1.69. The minimum atomic E-state index is -2.63. The van der Waals surface area contributed by atoms with Crippen molar-refractivity contribution in [2.75, 3.05) is 13.1 Å². The van der Waals surface area contributed by atoms with Crippen LogP contribution < -0.4 is 0 Å². The molecule has 3 rings (SSSR count). The van der Waals surface area contributed by atoms with Crippen LogP contribution in [0.1, 0.15) is 50.4 Å². The van der Waals surface area contributed by atoms with Gasteiger partial charge in [0.1, 0.15) is 12.2 Å². The van der Waals surface area contributed by atoms with Crippen molar-refractivity contribution in [3.63, 3.8) is 0 Å². The lowest BCUT2D eigenvalue weighted by Gasteiger charge is -2.40. The SMILES string of the molecule is CC[C@]1(O)CCC[C@H]2CN(C(=O)Cn3nc(C(F)F)cc3C)C[C@H]21. The normalized spacial score (nSPS) is 30.0. The first-order chi connectivity index (χ1) is 11.3. The van der Waals surface area contributed by atoms with Crippen molar-refractivity contribution in [3.05, 3.63) is 17.5 Å². The maximum atomic E-state index is 12.7. The standard InChI is InChI=1S/C17H25F2N3O2/c1-3-17(24)6-4-5-12-8-21(9-13(12)17)15(23)10-22-11(2)7-14(20-22)16(18)19/h7,12-13,16,24H,3-6,8-10H2,1-2H3/t12-,13+,17-/m0/s1. The number of amides is 1. The molecular formula is C17H25F2N3O2. The van der Waals surface area contributed by atoms with Gasteiger partial charge in [-0.1, -0.05) is 13.3 Å². The maximum Gasteiger partial charge on any atom is 0.282 e. The fraction of sp³-hybridized carbons (Fsp3) is 0.765. The lowest BCUT2D eigenvalue weighted by molar-refractivity contribution is -0.131. The molecule has 0 bridgehead atoms. The Kier molecular flexibility index (Phi) is 4.64. The van der Waals surface area contributed by atoms with Crippen molar-refractivity contribution in [2.24, 2.45) is 11.8 Å². The summed E-state index contributed by atoms with van der Waals surface area (Å²) in [5, 5.41) is 14.6. The fourth-order valence-electron chi connectivity index (χ4n) is 4.30. The molecule has 1 aromatic rings. The average Bonchev–Trinajstić information content (AvgIpc) is 3.13. The second kappa shape index (κ2) is 6.43. The van der Waals surface area contributed by atoms with E-state index in [1.807, 2.05) is 6.92 Å². The molecule has 24 heavy (non-hydrogen) atoms. The molecule has 1 saturated carbocycles. The van der Waals surface area contributed by atoms with E-state index < -0.39 is 12.0 Å². The van der Waals surface area contributed by atoms with Gasteiger partial charge in [-0.05, 0) is 38.2 Å². The summed E-state index contributed by atoms with van der Waals surface area (Å²) in [6, 6.07) is 1.32. The van der Waals surface area contributed by atoms with Crippen molar-refractivity contribution in [1.29, 1.82) is 0 Å². The van der Waals surface area contributed by atoms with Gasteiger partial charge in [-0.2, -0.15) is 5.10 Å². The molecular weight excluding hydrogens is 316 g/mol. The Morgan fingerprint density at radius 1 is 1.50 bits per heavy atom. The third-order valence-electron chi connectivity index (χ3n) is 5.79. The highest BCUT2D eigenvalue weighted by Gasteiger charge is 2.48. The molecule has 7 heteroatoms. The molecule has 0 spiro atoms. The van der Waals surface area contributed by atoms with E-state index in [-0.39, 0.29) is 24.1 Å². The van der Waals surface area contributed by atoms with Gasteiger partial charge in [0, 0.05) is 24.7 Å². The molecule has 2 fully saturated rings. The highest BCUT2D eigenvalue weighted by atomic mass is 19.3. The minimum absolute atomic E-state index is 0.0253. The van der Waals surface area contributed by atoms with Crippen molar-refractivity contribution < 1.29 is 18.7 Å².